The van der Waals surface area contributed by atoms with Crippen LogP contribution in [0.1, 0.15) is 20.3 Å². The minimum Gasteiger partial charge on any atom is -0.464 e. The molecule has 0 aromatic carbocycles. The minimum atomic E-state index is -0.971. The first-order valence-corrected chi connectivity index (χ1v) is 4.89. The third kappa shape index (κ3) is 5.24. The monoisotopic (exact) mass is 281 g/mol. The Hall–Kier alpha value is -0.440. The summed E-state index contributed by atoms with van der Waals surface area (Å²) in [6.45, 7) is 4.16. The molecule has 0 spiro atoms. The second-order valence-electron chi connectivity index (χ2n) is 2.37. The van der Waals surface area contributed by atoms with E-state index in [0.717, 1.165) is 11.3 Å². The van der Waals surface area contributed by atoms with Crippen LogP contribution in [0.15, 0.2) is 0 Å². The van der Waals surface area contributed by atoms with Crippen LogP contribution in [0.4, 0.5) is 4.79 Å². The molecule has 1 atom stereocenters. The molecule has 0 heterocycles. The zero-order chi connectivity index (χ0) is 9.56. The maximum absolute atomic E-state index is 10.5. The average Bonchev–Trinajstić information content (AvgIpc) is 1.96. The Balaban J connectivity index is 3.94. The molecule has 0 bridgehead atoms. The molecule has 0 aliphatic rings. The Morgan fingerprint density at radius 1 is 1.75 bits per heavy atom. The van der Waals surface area contributed by atoms with E-state index in [-0.39, 0.29) is 0 Å². The molecular formula is C8H12INO2. The highest BCUT2D eigenvalue weighted by Gasteiger charge is 2.08. The van der Waals surface area contributed by atoms with Gasteiger partial charge in [0.25, 0.3) is 0 Å². The zero-order valence-electron chi connectivity index (χ0n) is 7.17. The molecule has 68 valence electrons. The van der Waals surface area contributed by atoms with Crippen molar-refractivity contribution in [2.75, 3.05) is 6.54 Å². The molecule has 0 aromatic heterocycles. The SMILES string of the molecule is CC#CN(CCC(C)I)C(=O)O. The topological polar surface area (TPSA) is 40.5 Å². The molecule has 0 saturated heterocycles. The van der Waals surface area contributed by atoms with Crippen molar-refractivity contribution in [3.63, 3.8) is 0 Å². The van der Waals surface area contributed by atoms with E-state index in [9.17, 15) is 4.79 Å². The van der Waals surface area contributed by atoms with Gasteiger partial charge >= 0.3 is 6.09 Å². The maximum Gasteiger partial charge on any atom is 0.419 e. The second-order valence-corrected chi connectivity index (χ2v) is 4.49. The Morgan fingerprint density at radius 2 is 2.33 bits per heavy atom. The van der Waals surface area contributed by atoms with Crippen LogP contribution in [0.3, 0.4) is 0 Å². The van der Waals surface area contributed by atoms with E-state index in [2.05, 4.69) is 34.6 Å². The summed E-state index contributed by atoms with van der Waals surface area (Å²) in [7, 11) is 0. The third-order valence-electron chi connectivity index (χ3n) is 1.23. The van der Waals surface area contributed by atoms with Crippen LogP contribution < -0.4 is 0 Å². The largest absolute Gasteiger partial charge is 0.464 e. The molecule has 12 heavy (non-hydrogen) atoms. The van der Waals surface area contributed by atoms with Gasteiger partial charge in [0.05, 0.1) is 0 Å². The normalized spacial score (nSPS) is 11.2. The van der Waals surface area contributed by atoms with Crippen LogP contribution in [-0.2, 0) is 0 Å². The highest BCUT2D eigenvalue weighted by atomic mass is 127. The summed E-state index contributed by atoms with van der Waals surface area (Å²) in [4.78, 5) is 11.6. The quantitative estimate of drug-likeness (QED) is 0.373. The second kappa shape index (κ2) is 6.12. The molecule has 0 aliphatic carbocycles. The number of nitrogens with zero attached hydrogens (tertiary/aromatic N) is 1. The van der Waals surface area contributed by atoms with Gasteiger partial charge in [-0.3, -0.25) is 0 Å². The van der Waals surface area contributed by atoms with Gasteiger partial charge in [-0.05, 0) is 13.3 Å². The molecule has 0 rings (SSSR count). The van der Waals surface area contributed by atoms with Gasteiger partial charge in [0.2, 0.25) is 0 Å². The average molecular weight is 281 g/mol. The van der Waals surface area contributed by atoms with E-state index in [1.165, 1.54) is 0 Å². The van der Waals surface area contributed by atoms with Crippen LogP contribution in [0, 0.1) is 12.0 Å². The molecule has 0 saturated carbocycles. The van der Waals surface area contributed by atoms with Crippen molar-refractivity contribution in [1.29, 1.82) is 0 Å². The van der Waals surface area contributed by atoms with E-state index in [1.807, 2.05) is 6.92 Å². The van der Waals surface area contributed by atoms with Gasteiger partial charge in [-0.25, -0.2) is 9.69 Å². The molecule has 1 amide bonds. The fraction of sp³-hybridized carbons (Fsp3) is 0.625. The summed E-state index contributed by atoms with van der Waals surface area (Å²) >= 11 is 2.26. The van der Waals surface area contributed by atoms with E-state index >= 15 is 0 Å². The molecular weight excluding hydrogens is 269 g/mol. The molecule has 0 fully saturated rings. The fourth-order valence-corrected chi connectivity index (χ4v) is 0.920. The highest BCUT2D eigenvalue weighted by Crippen LogP contribution is 2.04. The Kier molecular flexibility index (Phi) is 5.89. The number of carbonyl (C=O) groups is 1. The number of alkyl halides is 1. The van der Waals surface area contributed by atoms with Crippen molar-refractivity contribution in [2.45, 2.75) is 24.2 Å². The van der Waals surface area contributed by atoms with Gasteiger partial charge in [-0.2, -0.15) is 0 Å². The minimum absolute atomic E-state index is 0.475. The zero-order valence-corrected chi connectivity index (χ0v) is 9.33. The van der Waals surface area contributed by atoms with Gasteiger partial charge < -0.3 is 5.11 Å². The summed E-state index contributed by atoms with van der Waals surface area (Å²) in [5.41, 5.74) is 0. The van der Waals surface area contributed by atoms with E-state index < -0.39 is 6.09 Å². The summed E-state index contributed by atoms with van der Waals surface area (Å²) in [6, 6.07) is 2.52. The van der Waals surface area contributed by atoms with Crippen molar-refractivity contribution in [3.8, 4) is 12.0 Å². The molecule has 0 radical (unpaired) electrons. The molecule has 3 nitrogen and oxygen atoms in total. The van der Waals surface area contributed by atoms with Crippen LogP contribution in [0.2, 0.25) is 0 Å². The summed E-state index contributed by atoms with van der Waals surface area (Å²) in [5.74, 6) is 2.57. The number of hydrogen-bond acceptors (Lipinski definition) is 1. The number of halogens is 1. The fourth-order valence-electron chi connectivity index (χ4n) is 0.641. The third-order valence-corrected chi connectivity index (χ3v) is 1.85. The first-order valence-electron chi connectivity index (χ1n) is 3.64. The predicted molar refractivity (Wildman–Crippen MR) is 56.3 cm³/mol. The van der Waals surface area contributed by atoms with Crippen LogP contribution in [0.5, 0.6) is 0 Å². The summed E-state index contributed by atoms with van der Waals surface area (Å²) in [6.07, 6.45) is -0.136. The van der Waals surface area contributed by atoms with E-state index in [1.54, 1.807) is 6.92 Å². The maximum atomic E-state index is 10.5. The lowest BCUT2D eigenvalue weighted by Gasteiger charge is -2.11. The lowest BCUT2D eigenvalue weighted by atomic mass is 10.3. The molecule has 1 N–H and O–H groups in total. The highest BCUT2D eigenvalue weighted by molar-refractivity contribution is 14.1. The smallest absolute Gasteiger partial charge is 0.419 e. The Bertz CT molecular complexity index is 205. The lowest BCUT2D eigenvalue weighted by Crippen LogP contribution is -2.26. The van der Waals surface area contributed by atoms with E-state index in [4.69, 9.17) is 5.11 Å². The van der Waals surface area contributed by atoms with Gasteiger partial charge in [-0.15, -0.1) is 0 Å². The van der Waals surface area contributed by atoms with Crippen LogP contribution >= 0.6 is 22.6 Å². The Labute approximate surface area is 86.3 Å². The lowest BCUT2D eigenvalue weighted by molar-refractivity contribution is 0.166. The van der Waals surface area contributed by atoms with Gasteiger partial charge in [-0.1, -0.05) is 35.4 Å². The van der Waals surface area contributed by atoms with Gasteiger partial charge in [0, 0.05) is 16.5 Å². The standard InChI is InChI=1S/C8H12INO2/c1-3-5-10(8(11)12)6-4-7(2)9/h7H,4,6H2,1-2H3,(H,11,12). The van der Waals surface area contributed by atoms with Crippen LogP contribution in [0.25, 0.3) is 0 Å². The molecule has 0 aliphatic heterocycles. The molecule has 4 heteroatoms. The first kappa shape index (κ1) is 11.6. The molecule has 0 aromatic rings. The number of rotatable bonds is 3. The van der Waals surface area contributed by atoms with Gasteiger partial charge in [0.15, 0.2) is 0 Å². The van der Waals surface area contributed by atoms with E-state index in [0.29, 0.717) is 10.5 Å². The number of hydrogen-bond donors (Lipinski definition) is 1. The van der Waals surface area contributed by atoms with Crippen molar-refractivity contribution >= 4 is 28.7 Å². The predicted octanol–water partition coefficient (Wildman–Crippen LogP) is 2.16. The number of carboxylic acid groups (broad SMARTS) is 1. The van der Waals surface area contributed by atoms with Crippen molar-refractivity contribution in [3.05, 3.63) is 0 Å². The number of amides is 1. The molecule has 1 unspecified atom stereocenters. The van der Waals surface area contributed by atoms with Crippen LogP contribution in [-0.4, -0.2) is 26.6 Å². The van der Waals surface area contributed by atoms with Gasteiger partial charge in [0.1, 0.15) is 0 Å². The first-order chi connectivity index (χ1) is 5.57. The van der Waals surface area contributed by atoms with Crippen molar-refractivity contribution < 1.29 is 9.90 Å². The van der Waals surface area contributed by atoms with Crippen molar-refractivity contribution in [1.82, 2.24) is 4.90 Å². The summed E-state index contributed by atoms with van der Waals surface area (Å²) < 4.78 is 0.475. The Morgan fingerprint density at radius 3 is 2.67 bits per heavy atom. The summed E-state index contributed by atoms with van der Waals surface area (Å²) in [5, 5.41) is 8.64. The van der Waals surface area contributed by atoms with Crippen molar-refractivity contribution in [2.24, 2.45) is 0 Å².